The molecule has 0 aromatic carbocycles. The van der Waals surface area contributed by atoms with Crippen LogP contribution in [0.25, 0.3) is 11.4 Å². The van der Waals surface area contributed by atoms with Crippen molar-refractivity contribution in [2.45, 2.75) is 39.7 Å². The molecule has 1 aliphatic rings. The molecule has 2 aromatic rings. The van der Waals surface area contributed by atoms with Crippen molar-refractivity contribution in [1.29, 1.82) is 0 Å². The normalized spacial score (nSPS) is 18.8. The van der Waals surface area contributed by atoms with Crippen molar-refractivity contribution in [2.24, 2.45) is 5.92 Å². The third-order valence-corrected chi connectivity index (χ3v) is 4.62. The average Bonchev–Trinajstić information content (AvgIpc) is 2.60. The first-order valence-electron chi connectivity index (χ1n) is 8.87. The third kappa shape index (κ3) is 4.29. The maximum absolute atomic E-state index is 4.53. The Balaban J connectivity index is 1.66. The summed E-state index contributed by atoms with van der Waals surface area (Å²) in [5.41, 5.74) is 1.76. The fourth-order valence-electron chi connectivity index (χ4n) is 3.29. The van der Waals surface area contributed by atoms with E-state index in [2.05, 4.69) is 39.0 Å². The largest absolute Gasteiger partial charge is 0.370 e. The monoisotopic (exact) mass is 325 g/mol. The maximum atomic E-state index is 4.53. The zero-order valence-corrected chi connectivity index (χ0v) is 14.9. The first-order valence-corrected chi connectivity index (χ1v) is 8.87. The molecule has 0 bridgehead atoms. The van der Waals surface area contributed by atoms with Crippen LogP contribution < -0.4 is 5.32 Å². The third-order valence-electron chi connectivity index (χ3n) is 4.62. The molecule has 1 N–H and O–H groups in total. The molecule has 0 aliphatic carbocycles. The van der Waals surface area contributed by atoms with Crippen molar-refractivity contribution < 1.29 is 0 Å². The van der Waals surface area contributed by atoms with Gasteiger partial charge in [-0.15, -0.1) is 0 Å². The topological polar surface area (TPSA) is 53.9 Å². The fourth-order valence-corrected chi connectivity index (χ4v) is 3.29. The highest BCUT2D eigenvalue weighted by Gasteiger charge is 2.21. The van der Waals surface area contributed by atoms with Crippen LogP contribution in [0.5, 0.6) is 0 Å². The lowest BCUT2D eigenvalue weighted by Crippen LogP contribution is -2.41. The van der Waals surface area contributed by atoms with Gasteiger partial charge < -0.3 is 10.2 Å². The number of piperidine rings is 1. The van der Waals surface area contributed by atoms with Gasteiger partial charge in [0.2, 0.25) is 0 Å². The lowest BCUT2D eigenvalue weighted by Gasteiger charge is -2.35. The summed E-state index contributed by atoms with van der Waals surface area (Å²) in [6, 6.07) is 8.51. The summed E-state index contributed by atoms with van der Waals surface area (Å²) < 4.78 is 0. The molecule has 0 amide bonds. The minimum Gasteiger partial charge on any atom is -0.370 e. The Morgan fingerprint density at radius 3 is 2.88 bits per heavy atom. The van der Waals surface area contributed by atoms with E-state index in [1.165, 1.54) is 25.9 Å². The summed E-state index contributed by atoms with van der Waals surface area (Å²) in [6.45, 7) is 9.85. The van der Waals surface area contributed by atoms with E-state index in [0.29, 0.717) is 12.0 Å². The van der Waals surface area contributed by atoms with Gasteiger partial charge in [0.05, 0.1) is 11.4 Å². The quantitative estimate of drug-likeness (QED) is 0.913. The van der Waals surface area contributed by atoms with Gasteiger partial charge in [0.1, 0.15) is 11.6 Å². The Hall–Kier alpha value is -2.01. The smallest absolute Gasteiger partial charge is 0.130 e. The number of aryl methyl sites for hydroxylation is 1. The molecule has 1 aliphatic heterocycles. The summed E-state index contributed by atoms with van der Waals surface area (Å²) in [6.07, 6.45) is 4.36. The second-order valence-corrected chi connectivity index (χ2v) is 6.88. The van der Waals surface area contributed by atoms with E-state index in [-0.39, 0.29) is 0 Å². The molecule has 0 radical (unpaired) electrons. The first-order chi connectivity index (χ1) is 11.6. The number of nitrogens with zero attached hydrogens (tertiary/aromatic N) is 4. The Labute approximate surface area is 144 Å². The summed E-state index contributed by atoms with van der Waals surface area (Å²) in [5, 5.41) is 3.52. The molecule has 2 aromatic heterocycles. The zero-order valence-electron chi connectivity index (χ0n) is 14.9. The summed E-state index contributed by atoms with van der Waals surface area (Å²) in [7, 11) is 0. The molecule has 5 nitrogen and oxygen atoms in total. The van der Waals surface area contributed by atoms with Gasteiger partial charge in [-0.05, 0) is 58.2 Å². The van der Waals surface area contributed by atoms with Gasteiger partial charge >= 0.3 is 0 Å². The Morgan fingerprint density at radius 2 is 2.12 bits per heavy atom. The number of aromatic nitrogens is 3. The van der Waals surface area contributed by atoms with Crippen LogP contribution in [0.2, 0.25) is 0 Å². The molecule has 24 heavy (non-hydrogen) atoms. The standard InChI is InChI=1S/C19H27N5/c1-14(2)24-10-6-7-16(13-24)12-21-19-11-18(22-15(3)23-19)17-8-4-5-9-20-17/h4-5,8-9,11,14,16H,6-7,10,12-13H2,1-3H3,(H,21,22,23). The number of hydrogen-bond donors (Lipinski definition) is 1. The lowest BCUT2D eigenvalue weighted by molar-refractivity contribution is 0.145. The molecular weight excluding hydrogens is 298 g/mol. The molecular formula is C19H27N5. The second-order valence-electron chi connectivity index (χ2n) is 6.88. The van der Waals surface area contributed by atoms with Crippen molar-refractivity contribution in [2.75, 3.05) is 25.0 Å². The van der Waals surface area contributed by atoms with Gasteiger partial charge in [-0.2, -0.15) is 0 Å². The molecule has 5 heteroatoms. The lowest BCUT2D eigenvalue weighted by atomic mass is 9.97. The van der Waals surface area contributed by atoms with Crippen molar-refractivity contribution in [3.05, 3.63) is 36.3 Å². The average molecular weight is 325 g/mol. The minimum absolute atomic E-state index is 0.629. The van der Waals surface area contributed by atoms with Crippen LogP contribution in [0.15, 0.2) is 30.5 Å². The van der Waals surface area contributed by atoms with Crippen molar-refractivity contribution in [3.63, 3.8) is 0 Å². The number of pyridine rings is 1. The summed E-state index contributed by atoms with van der Waals surface area (Å²) in [5.74, 6) is 2.34. The van der Waals surface area contributed by atoms with Gasteiger partial charge in [-0.25, -0.2) is 9.97 Å². The van der Waals surface area contributed by atoms with Gasteiger partial charge in [0.25, 0.3) is 0 Å². The second kappa shape index (κ2) is 7.71. The first kappa shape index (κ1) is 16.8. The van der Waals surface area contributed by atoms with E-state index < -0.39 is 0 Å². The van der Waals surface area contributed by atoms with Gasteiger partial charge in [-0.3, -0.25) is 4.98 Å². The molecule has 1 atom stereocenters. The number of rotatable bonds is 5. The Kier molecular flexibility index (Phi) is 5.41. The number of likely N-dealkylation sites (tertiary alicyclic amines) is 1. The van der Waals surface area contributed by atoms with E-state index in [1.54, 1.807) is 6.20 Å². The van der Waals surface area contributed by atoms with Crippen LogP contribution >= 0.6 is 0 Å². The van der Waals surface area contributed by atoms with E-state index in [0.717, 1.165) is 29.6 Å². The van der Waals surface area contributed by atoms with Crippen LogP contribution in [0.1, 0.15) is 32.5 Å². The molecule has 128 valence electrons. The minimum atomic E-state index is 0.629. The maximum Gasteiger partial charge on any atom is 0.130 e. The van der Waals surface area contributed by atoms with Crippen LogP contribution in [0.3, 0.4) is 0 Å². The summed E-state index contributed by atoms with van der Waals surface area (Å²) >= 11 is 0. The van der Waals surface area contributed by atoms with Crippen molar-refractivity contribution >= 4 is 5.82 Å². The highest BCUT2D eigenvalue weighted by molar-refractivity contribution is 5.58. The predicted molar refractivity (Wildman–Crippen MR) is 97.9 cm³/mol. The predicted octanol–water partition coefficient (Wildman–Crippen LogP) is 3.38. The van der Waals surface area contributed by atoms with Crippen LogP contribution in [0, 0.1) is 12.8 Å². The van der Waals surface area contributed by atoms with E-state index >= 15 is 0 Å². The van der Waals surface area contributed by atoms with Crippen LogP contribution in [-0.4, -0.2) is 45.5 Å². The molecule has 0 spiro atoms. The van der Waals surface area contributed by atoms with Crippen molar-refractivity contribution in [1.82, 2.24) is 19.9 Å². The zero-order chi connectivity index (χ0) is 16.9. The highest BCUT2D eigenvalue weighted by Crippen LogP contribution is 2.21. The van der Waals surface area contributed by atoms with E-state index in [4.69, 9.17) is 0 Å². The van der Waals surface area contributed by atoms with E-state index in [9.17, 15) is 0 Å². The van der Waals surface area contributed by atoms with E-state index in [1.807, 2.05) is 31.2 Å². The molecule has 3 rings (SSSR count). The SMILES string of the molecule is Cc1nc(NCC2CCCN(C(C)C)C2)cc(-c2ccccn2)n1. The molecule has 3 heterocycles. The number of anilines is 1. The van der Waals surface area contributed by atoms with Crippen molar-refractivity contribution in [3.8, 4) is 11.4 Å². The van der Waals surface area contributed by atoms with Crippen LogP contribution in [0.4, 0.5) is 5.82 Å². The van der Waals surface area contributed by atoms with Crippen LogP contribution in [-0.2, 0) is 0 Å². The van der Waals surface area contributed by atoms with Gasteiger partial charge in [0.15, 0.2) is 0 Å². The highest BCUT2D eigenvalue weighted by atomic mass is 15.2. The molecule has 1 fully saturated rings. The van der Waals surface area contributed by atoms with Gasteiger partial charge in [-0.1, -0.05) is 6.07 Å². The Morgan fingerprint density at radius 1 is 1.25 bits per heavy atom. The van der Waals surface area contributed by atoms with Gasteiger partial charge in [0, 0.05) is 31.4 Å². The summed E-state index contributed by atoms with van der Waals surface area (Å²) in [4.78, 5) is 16.0. The number of nitrogens with one attached hydrogen (secondary N) is 1. The molecule has 1 saturated heterocycles. The fraction of sp³-hybridized carbons (Fsp3) is 0.526. The molecule has 1 unspecified atom stereocenters. The molecule has 0 saturated carbocycles. The number of hydrogen-bond acceptors (Lipinski definition) is 5. The Bertz CT molecular complexity index is 656.